The van der Waals surface area contributed by atoms with E-state index in [1.165, 1.54) is 11.3 Å². The van der Waals surface area contributed by atoms with Crippen LogP contribution in [0.4, 0.5) is 5.00 Å². The van der Waals surface area contributed by atoms with Gasteiger partial charge in [-0.3, -0.25) is 9.59 Å². The number of hydrogen-bond donors (Lipinski definition) is 2. The third kappa shape index (κ3) is 4.34. The molecule has 1 aromatic heterocycles. The van der Waals surface area contributed by atoms with E-state index in [4.69, 9.17) is 5.73 Å². The van der Waals surface area contributed by atoms with Crippen LogP contribution in [-0.4, -0.2) is 11.8 Å². The smallest absolute Gasteiger partial charge is 0.251 e. The molecule has 112 valence electrons. The molecule has 20 heavy (non-hydrogen) atoms. The van der Waals surface area contributed by atoms with Crippen molar-refractivity contribution in [3.8, 4) is 0 Å². The van der Waals surface area contributed by atoms with Crippen LogP contribution in [-0.2, 0) is 11.2 Å². The third-order valence-electron chi connectivity index (χ3n) is 3.32. The molecule has 0 aromatic carbocycles. The second kappa shape index (κ2) is 8.04. The van der Waals surface area contributed by atoms with E-state index in [0.29, 0.717) is 17.0 Å². The van der Waals surface area contributed by atoms with Gasteiger partial charge in [-0.2, -0.15) is 0 Å². The number of amides is 2. The van der Waals surface area contributed by atoms with E-state index < -0.39 is 5.91 Å². The lowest BCUT2D eigenvalue weighted by molar-refractivity contribution is -0.116. The van der Waals surface area contributed by atoms with Crippen molar-refractivity contribution in [1.82, 2.24) is 0 Å². The molecular formula is C15H24N2O2S. The molecule has 1 aromatic rings. The van der Waals surface area contributed by atoms with Gasteiger partial charge in [0.05, 0.1) is 5.56 Å². The Kier molecular flexibility index (Phi) is 6.71. The Bertz CT molecular complexity index is 480. The van der Waals surface area contributed by atoms with Gasteiger partial charge in [-0.05, 0) is 25.3 Å². The summed E-state index contributed by atoms with van der Waals surface area (Å²) in [7, 11) is 0. The summed E-state index contributed by atoms with van der Waals surface area (Å²) >= 11 is 1.43. The maximum absolute atomic E-state index is 11.9. The van der Waals surface area contributed by atoms with Gasteiger partial charge in [0.25, 0.3) is 5.91 Å². The Hall–Kier alpha value is -1.36. The summed E-state index contributed by atoms with van der Waals surface area (Å²) in [5, 5.41) is 3.45. The van der Waals surface area contributed by atoms with Crippen LogP contribution in [0.2, 0.25) is 0 Å². The molecule has 0 spiro atoms. The highest BCUT2D eigenvalue weighted by atomic mass is 32.1. The fourth-order valence-electron chi connectivity index (χ4n) is 2.25. The molecule has 0 radical (unpaired) electrons. The topological polar surface area (TPSA) is 72.2 Å². The standard InChI is InChI=1S/C15H24N2O2S/c1-4-6-7-8-9-12(18)17-15-13(14(16)19)11(5-2)10(3)20-15/h4-9H2,1-3H3,(H2,16,19)(H,17,18). The number of thiophene rings is 1. The number of hydrogen-bond acceptors (Lipinski definition) is 3. The molecular weight excluding hydrogens is 272 g/mol. The summed E-state index contributed by atoms with van der Waals surface area (Å²) in [4.78, 5) is 24.5. The first-order chi connectivity index (χ1) is 9.51. The van der Waals surface area contributed by atoms with Crippen LogP contribution in [0.15, 0.2) is 0 Å². The number of rotatable bonds is 8. The highest BCUT2D eigenvalue weighted by molar-refractivity contribution is 7.16. The lowest BCUT2D eigenvalue weighted by Gasteiger charge is -2.05. The minimum atomic E-state index is -0.465. The molecule has 0 fully saturated rings. The summed E-state index contributed by atoms with van der Waals surface area (Å²) in [5.74, 6) is -0.500. The van der Waals surface area contributed by atoms with Crippen LogP contribution < -0.4 is 11.1 Å². The van der Waals surface area contributed by atoms with Gasteiger partial charge in [0.15, 0.2) is 0 Å². The van der Waals surface area contributed by atoms with Gasteiger partial charge in [-0.1, -0.05) is 33.1 Å². The van der Waals surface area contributed by atoms with E-state index in [-0.39, 0.29) is 5.91 Å². The Morgan fingerprint density at radius 1 is 1.20 bits per heavy atom. The average Bonchev–Trinajstić information content (AvgIpc) is 2.70. The zero-order valence-electron chi connectivity index (χ0n) is 12.5. The van der Waals surface area contributed by atoms with Crippen molar-refractivity contribution in [3.05, 3.63) is 16.0 Å². The molecule has 3 N–H and O–H groups in total. The van der Waals surface area contributed by atoms with Gasteiger partial charge < -0.3 is 11.1 Å². The van der Waals surface area contributed by atoms with Crippen molar-refractivity contribution in [1.29, 1.82) is 0 Å². The van der Waals surface area contributed by atoms with Gasteiger partial charge in [0, 0.05) is 11.3 Å². The quantitative estimate of drug-likeness (QED) is 0.719. The van der Waals surface area contributed by atoms with E-state index in [1.807, 2.05) is 13.8 Å². The Morgan fingerprint density at radius 3 is 2.45 bits per heavy atom. The van der Waals surface area contributed by atoms with Gasteiger partial charge in [-0.25, -0.2) is 0 Å². The van der Waals surface area contributed by atoms with Crippen LogP contribution in [0.1, 0.15) is 66.8 Å². The van der Waals surface area contributed by atoms with Crippen LogP contribution in [0.5, 0.6) is 0 Å². The Morgan fingerprint density at radius 2 is 1.90 bits per heavy atom. The summed E-state index contributed by atoms with van der Waals surface area (Å²) < 4.78 is 0. The zero-order valence-corrected chi connectivity index (χ0v) is 13.4. The van der Waals surface area contributed by atoms with Gasteiger partial charge >= 0.3 is 0 Å². The van der Waals surface area contributed by atoms with Crippen LogP contribution in [0.3, 0.4) is 0 Å². The van der Waals surface area contributed by atoms with Gasteiger partial charge in [0.1, 0.15) is 5.00 Å². The summed E-state index contributed by atoms with van der Waals surface area (Å²) in [6, 6.07) is 0. The number of nitrogens with two attached hydrogens (primary N) is 1. The van der Waals surface area contributed by atoms with Crippen molar-refractivity contribution in [3.63, 3.8) is 0 Å². The predicted molar refractivity (Wildman–Crippen MR) is 84.3 cm³/mol. The first kappa shape index (κ1) is 16.7. The molecule has 0 aliphatic carbocycles. The molecule has 1 rings (SSSR count). The van der Waals surface area contributed by atoms with E-state index in [2.05, 4.69) is 12.2 Å². The fourth-order valence-corrected chi connectivity index (χ4v) is 3.42. The van der Waals surface area contributed by atoms with Crippen molar-refractivity contribution in [2.45, 2.75) is 59.3 Å². The predicted octanol–water partition coefficient (Wildman–Crippen LogP) is 3.63. The number of primary amides is 1. The lowest BCUT2D eigenvalue weighted by atomic mass is 10.1. The van der Waals surface area contributed by atoms with Crippen molar-refractivity contribution < 1.29 is 9.59 Å². The molecule has 2 amide bonds. The molecule has 0 aliphatic heterocycles. The van der Waals surface area contributed by atoms with E-state index in [9.17, 15) is 9.59 Å². The number of anilines is 1. The summed E-state index contributed by atoms with van der Waals surface area (Å²) in [5.41, 5.74) is 6.87. The van der Waals surface area contributed by atoms with Gasteiger partial charge in [-0.15, -0.1) is 11.3 Å². The highest BCUT2D eigenvalue weighted by Gasteiger charge is 2.20. The Labute approximate surface area is 124 Å². The maximum Gasteiger partial charge on any atom is 0.251 e. The van der Waals surface area contributed by atoms with E-state index in [0.717, 1.165) is 42.5 Å². The molecule has 0 aliphatic rings. The van der Waals surface area contributed by atoms with Crippen LogP contribution in [0.25, 0.3) is 0 Å². The van der Waals surface area contributed by atoms with Gasteiger partial charge in [0.2, 0.25) is 5.91 Å². The monoisotopic (exact) mass is 296 g/mol. The fraction of sp³-hybridized carbons (Fsp3) is 0.600. The summed E-state index contributed by atoms with van der Waals surface area (Å²) in [6.45, 7) is 6.07. The SMILES string of the molecule is CCCCCCC(=O)Nc1sc(C)c(CC)c1C(N)=O. The molecule has 0 unspecified atom stereocenters. The lowest BCUT2D eigenvalue weighted by Crippen LogP contribution is -2.17. The normalized spacial score (nSPS) is 10.6. The second-order valence-electron chi connectivity index (χ2n) is 4.92. The maximum atomic E-state index is 11.9. The average molecular weight is 296 g/mol. The number of carbonyl (C=O) groups is 2. The third-order valence-corrected chi connectivity index (χ3v) is 4.38. The zero-order chi connectivity index (χ0) is 15.1. The molecule has 5 heteroatoms. The largest absolute Gasteiger partial charge is 0.365 e. The van der Waals surface area contributed by atoms with E-state index in [1.54, 1.807) is 0 Å². The Balaban J connectivity index is 2.72. The first-order valence-electron chi connectivity index (χ1n) is 7.23. The first-order valence-corrected chi connectivity index (χ1v) is 8.04. The highest BCUT2D eigenvalue weighted by Crippen LogP contribution is 2.33. The number of unbranched alkanes of at least 4 members (excludes halogenated alkanes) is 3. The minimum Gasteiger partial charge on any atom is -0.365 e. The van der Waals surface area contributed by atoms with Crippen molar-refractivity contribution >= 4 is 28.2 Å². The molecule has 0 saturated heterocycles. The van der Waals surface area contributed by atoms with Crippen molar-refractivity contribution in [2.24, 2.45) is 5.73 Å². The van der Waals surface area contributed by atoms with Crippen LogP contribution >= 0.6 is 11.3 Å². The molecule has 0 atom stereocenters. The summed E-state index contributed by atoms with van der Waals surface area (Å²) in [6.07, 6.45) is 5.49. The van der Waals surface area contributed by atoms with Crippen molar-refractivity contribution in [2.75, 3.05) is 5.32 Å². The minimum absolute atomic E-state index is 0.0347. The second-order valence-corrected chi connectivity index (χ2v) is 6.14. The van der Waals surface area contributed by atoms with E-state index >= 15 is 0 Å². The van der Waals surface area contributed by atoms with Crippen LogP contribution in [0, 0.1) is 6.92 Å². The molecule has 1 heterocycles. The number of nitrogens with one attached hydrogen (secondary N) is 1. The number of carbonyl (C=O) groups excluding carboxylic acids is 2. The molecule has 0 saturated carbocycles. The number of aryl methyl sites for hydroxylation is 1. The molecule has 4 nitrogen and oxygen atoms in total. The molecule has 0 bridgehead atoms.